The van der Waals surface area contributed by atoms with Crippen LogP contribution in [0.4, 0.5) is 0 Å². The van der Waals surface area contributed by atoms with E-state index in [-0.39, 0.29) is 5.17 Å². The highest BCUT2D eigenvalue weighted by Gasteiger charge is 2.15. The molecule has 0 rings (SSSR count). The Morgan fingerprint density at radius 3 is 2.64 bits per heavy atom. The zero-order valence-electron chi connectivity index (χ0n) is 6.37. The molecule has 1 N–H and O–H groups in total. The molecule has 0 bridgehead atoms. The van der Waals surface area contributed by atoms with Crippen molar-refractivity contribution >= 4 is 22.7 Å². The van der Waals surface area contributed by atoms with Gasteiger partial charge < -0.3 is 9.94 Å². The molecule has 0 aliphatic carbocycles. The van der Waals surface area contributed by atoms with Gasteiger partial charge in [0, 0.05) is 6.92 Å². The summed E-state index contributed by atoms with van der Waals surface area (Å²) in [6.45, 7) is 3.03. The second-order valence-corrected chi connectivity index (χ2v) is 2.32. The van der Waals surface area contributed by atoms with Crippen molar-refractivity contribution in [3.05, 3.63) is 0 Å². The Labute approximate surface area is 69.8 Å². The maximum atomic E-state index is 10.4. The van der Waals surface area contributed by atoms with Crippen molar-refractivity contribution in [3.8, 4) is 0 Å². The number of rotatable bonds is 3. The molecule has 0 saturated heterocycles. The van der Waals surface area contributed by atoms with E-state index < -0.39 is 12.1 Å². The van der Waals surface area contributed by atoms with Gasteiger partial charge in [-0.05, 0) is 6.42 Å². The number of hydrogen-bond acceptors (Lipinski definition) is 4. The molecule has 1 atom stereocenters. The number of oxime groups is 1. The molecule has 0 radical (unpaired) electrons. The zero-order valence-corrected chi connectivity index (χ0v) is 7.13. The van der Waals surface area contributed by atoms with E-state index in [2.05, 4.69) is 5.16 Å². The number of carbonyl (C=O) groups is 1. The van der Waals surface area contributed by atoms with Crippen molar-refractivity contribution in [2.24, 2.45) is 5.16 Å². The summed E-state index contributed by atoms with van der Waals surface area (Å²) in [4.78, 5) is 10.4. The number of carbonyl (C=O) groups excluding carboxylic acids is 1. The Morgan fingerprint density at radius 1 is 1.82 bits per heavy atom. The maximum absolute atomic E-state index is 10.4. The summed E-state index contributed by atoms with van der Waals surface area (Å²) >= 11 is 5.40. The molecule has 0 heterocycles. The lowest BCUT2D eigenvalue weighted by Gasteiger charge is -2.10. The van der Waals surface area contributed by atoms with Crippen LogP contribution in [-0.4, -0.2) is 22.5 Å². The smallest absolute Gasteiger partial charge is 0.303 e. The van der Waals surface area contributed by atoms with E-state index in [9.17, 15) is 4.79 Å². The van der Waals surface area contributed by atoms with E-state index in [1.54, 1.807) is 6.92 Å². The van der Waals surface area contributed by atoms with Gasteiger partial charge in [0.05, 0.1) is 0 Å². The lowest BCUT2D eigenvalue weighted by Crippen LogP contribution is -2.21. The van der Waals surface area contributed by atoms with Crippen LogP contribution in [0.15, 0.2) is 5.16 Å². The third kappa shape index (κ3) is 3.83. The van der Waals surface area contributed by atoms with Gasteiger partial charge in [-0.15, -0.1) is 0 Å². The molecule has 4 nitrogen and oxygen atoms in total. The molecular formula is C6H10ClNO3. The SMILES string of the molecule is CCC(OC(C)=O)/C(Cl)=N/O. The van der Waals surface area contributed by atoms with Crippen LogP contribution < -0.4 is 0 Å². The molecule has 11 heavy (non-hydrogen) atoms. The van der Waals surface area contributed by atoms with Crippen LogP contribution in [0, 0.1) is 0 Å². The van der Waals surface area contributed by atoms with Crippen molar-refractivity contribution in [1.82, 2.24) is 0 Å². The Balaban J connectivity index is 4.06. The summed E-state index contributed by atoms with van der Waals surface area (Å²) in [6.07, 6.45) is -0.137. The molecular weight excluding hydrogens is 170 g/mol. The lowest BCUT2D eigenvalue weighted by molar-refractivity contribution is -0.143. The van der Waals surface area contributed by atoms with Crippen LogP contribution in [0.5, 0.6) is 0 Å². The van der Waals surface area contributed by atoms with Gasteiger partial charge in [0.1, 0.15) is 0 Å². The van der Waals surface area contributed by atoms with Gasteiger partial charge in [0.15, 0.2) is 11.3 Å². The molecule has 5 heteroatoms. The zero-order chi connectivity index (χ0) is 8.85. The molecule has 0 aliphatic rings. The highest BCUT2D eigenvalue weighted by molar-refractivity contribution is 6.66. The number of halogens is 1. The molecule has 0 fully saturated rings. The monoisotopic (exact) mass is 179 g/mol. The largest absolute Gasteiger partial charge is 0.455 e. The van der Waals surface area contributed by atoms with Gasteiger partial charge in [0.2, 0.25) is 0 Å². The van der Waals surface area contributed by atoms with E-state index in [4.69, 9.17) is 21.5 Å². The van der Waals surface area contributed by atoms with Gasteiger partial charge in [-0.2, -0.15) is 0 Å². The number of ether oxygens (including phenoxy) is 1. The summed E-state index contributed by atoms with van der Waals surface area (Å²) in [5, 5.41) is 10.8. The number of hydrogen-bond donors (Lipinski definition) is 1. The van der Waals surface area contributed by atoms with Gasteiger partial charge in [-0.25, -0.2) is 0 Å². The first-order valence-corrected chi connectivity index (χ1v) is 3.54. The topological polar surface area (TPSA) is 58.9 Å². The average Bonchev–Trinajstić information content (AvgIpc) is 1.98. The van der Waals surface area contributed by atoms with Crippen molar-refractivity contribution < 1.29 is 14.7 Å². The van der Waals surface area contributed by atoms with Gasteiger partial charge >= 0.3 is 5.97 Å². The summed E-state index contributed by atoms with van der Waals surface area (Å²) < 4.78 is 4.69. The summed E-state index contributed by atoms with van der Waals surface area (Å²) in [5.41, 5.74) is 0. The Hall–Kier alpha value is -0.770. The highest BCUT2D eigenvalue weighted by atomic mass is 35.5. The minimum Gasteiger partial charge on any atom is -0.455 e. The molecule has 0 amide bonds. The fraction of sp³-hybridized carbons (Fsp3) is 0.667. The van der Waals surface area contributed by atoms with Crippen LogP contribution in [0.2, 0.25) is 0 Å². The van der Waals surface area contributed by atoms with E-state index >= 15 is 0 Å². The van der Waals surface area contributed by atoms with Crippen LogP contribution in [0.25, 0.3) is 0 Å². The third-order valence-electron chi connectivity index (χ3n) is 1.04. The molecule has 0 aromatic carbocycles. The third-order valence-corrected chi connectivity index (χ3v) is 1.36. The van der Waals surface area contributed by atoms with Crippen LogP contribution >= 0.6 is 11.6 Å². The Kier molecular flexibility index (Phi) is 4.61. The number of esters is 1. The number of nitrogens with zero attached hydrogens (tertiary/aromatic N) is 1. The molecule has 0 saturated carbocycles. The highest BCUT2D eigenvalue weighted by Crippen LogP contribution is 2.04. The van der Waals surface area contributed by atoms with Gasteiger partial charge in [-0.1, -0.05) is 23.7 Å². The van der Waals surface area contributed by atoms with E-state index in [1.807, 2.05) is 0 Å². The minimum absolute atomic E-state index is 0.109. The van der Waals surface area contributed by atoms with Crippen LogP contribution in [0.1, 0.15) is 20.3 Å². The average molecular weight is 180 g/mol. The van der Waals surface area contributed by atoms with E-state index in [0.717, 1.165) is 0 Å². The predicted molar refractivity (Wildman–Crippen MR) is 40.9 cm³/mol. The quantitative estimate of drug-likeness (QED) is 0.308. The summed E-state index contributed by atoms with van der Waals surface area (Å²) in [5.74, 6) is -0.446. The molecule has 1 unspecified atom stereocenters. The maximum Gasteiger partial charge on any atom is 0.303 e. The van der Waals surface area contributed by atoms with Crippen molar-refractivity contribution in [2.75, 3.05) is 0 Å². The first kappa shape index (κ1) is 10.2. The fourth-order valence-electron chi connectivity index (χ4n) is 0.565. The van der Waals surface area contributed by atoms with Gasteiger partial charge in [0.25, 0.3) is 0 Å². The molecule has 0 aromatic heterocycles. The Bertz CT molecular complexity index is 169. The summed E-state index contributed by atoms with van der Waals surface area (Å²) in [6, 6.07) is 0. The first-order valence-electron chi connectivity index (χ1n) is 3.16. The van der Waals surface area contributed by atoms with E-state index in [0.29, 0.717) is 6.42 Å². The van der Waals surface area contributed by atoms with Crippen LogP contribution in [-0.2, 0) is 9.53 Å². The Morgan fingerprint density at radius 2 is 2.36 bits per heavy atom. The molecule has 0 aliphatic heterocycles. The second-order valence-electron chi connectivity index (χ2n) is 1.93. The lowest BCUT2D eigenvalue weighted by atomic mass is 10.3. The van der Waals surface area contributed by atoms with Gasteiger partial charge in [-0.3, -0.25) is 4.79 Å². The second kappa shape index (κ2) is 4.96. The van der Waals surface area contributed by atoms with Crippen molar-refractivity contribution in [3.63, 3.8) is 0 Å². The summed E-state index contributed by atoms with van der Waals surface area (Å²) in [7, 11) is 0. The fourth-order valence-corrected chi connectivity index (χ4v) is 0.764. The molecule has 0 aromatic rings. The predicted octanol–water partition coefficient (Wildman–Crippen LogP) is 1.35. The standard InChI is InChI=1S/C6H10ClNO3/c1-3-5(6(7)8-10)11-4(2)9/h5,10H,3H2,1-2H3/b8-6-. The molecule has 0 spiro atoms. The minimum atomic E-state index is -0.626. The first-order chi connectivity index (χ1) is 5.11. The normalized spacial score (nSPS) is 14.3. The molecule has 64 valence electrons. The van der Waals surface area contributed by atoms with Crippen LogP contribution in [0.3, 0.4) is 0 Å². The van der Waals surface area contributed by atoms with E-state index in [1.165, 1.54) is 6.92 Å². The van der Waals surface area contributed by atoms with Crippen molar-refractivity contribution in [2.45, 2.75) is 26.4 Å². The van der Waals surface area contributed by atoms with Crippen molar-refractivity contribution in [1.29, 1.82) is 0 Å².